The lowest BCUT2D eigenvalue weighted by Crippen LogP contribution is -2.46. The maximum absolute atomic E-state index is 12.7. The average molecular weight is 352 g/mol. The molecule has 0 saturated carbocycles. The highest BCUT2D eigenvalue weighted by Gasteiger charge is 2.28. The Morgan fingerprint density at radius 3 is 2.64 bits per heavy atom. The lowest BCUT2D eigenvalue weighted by Gasteiger charge is -2.35. The van der Waals surface area contributed by atoms with E-state index in [1.807, 2.05) is 25.7 Å². The van der Waals surface area contributed by atoms with Crippen LogP contribution in [0.2, 0.25) is 0 Å². The number of rotatable bonds is 5. The molecule has 0 aromatic rings. The first kappa shape index (κ1) is 20.2. The Kier molecular flexibility index (Phi) is 7.29. The van der Waals surface area contributed by atoms with Crippen molar-refractivity contribution in [2.45, 2.75) is 59.8 Å². The zero-order valence-electron chi connectivity index (χ0n) is 16.6. The van der Waals surface area contributed by atoms with E-state index in [-0.39, 0.29) is 11.3 Å². The Balaban J connectivity index is 1.77. The average Bonchev–Trinajstić information content (AvgIpc) is 2.59. The van der Waals surface area contributed by atoms with Gasteiger partial charge in [-0.15, -0.1) is 0 Å². The van der Waals surface area contributed by atoms with Crippen LogP contribution < -0.4 is 10.6 Å². The summed E-state index contributed by atoms with van der Waals surface area (Å²) in [6.45, 7) is 12.5. The molecule has 0 aromatic carbocycles. The van der Waals surface area contributed by atoms with Crippen molar-refractivity contribution >= 4 is 11.8 Å². The van der Waals surface area contributed by atoms with Crippen LogP contribution in [-0.2, 0) is 9.59 Å². The topological polar surface area (TPSA) is 61.4 Å². The zero-order chi connectivity index (χ0) is 18.4. The van der Waals surface area contributed by atoms with Crippen LogP contribution in [-0.4, -0.2) is 49.4 Å². The summed E-state index contributed by atoms with van der Waals surface area (Å²) in [5.41, 5.74) is -0.354. The Labute approximate surface area is 153 Å². The Morgan fingerprint density at radius 1 is 1.24 bits per heavy atom. The highest BCUT2D eigenvalue weighted by molar-refractivity contribution is 5.81. The van der Waals surface area contributed by atoms with Crippen LogP contribution in [0.3, 0.4) is 0 Å². The molecule has 0 aliphatic carbocycles. The first-order valence-corrected chi connectivity index (χ1v) is 10.0. The van der Waals surface area contributed by atoms with Gasteiger partial charge in [0.05, 0.1) is 0 Å². The van der Waals surface area contributed by atoms with E-state index in [0.717, 1.165) is 39.0 Å². The molecule has 2 saturated heterocycles. The molecule has 3 atom stereocenters. The minimum Gasteiger partial charge on any atom is -0.355 e. The number of hydrogen-bond acceptors (Lipinski definition) is 3. The van der Waals surface area contributed by atoms with Crippen molar-refractivity contribution < 1.29 is 9.59 Å². The fourth-order valence-electron chi connectivity index (χ4n) is 3.90. The van der Waals surface area contributed by atoms with E-state index >= 15 is 0 Å². The van der Waals surface area contributed by atoms with E-state index in [1.165, 1.54) is 12.8 Å². The molecular formula is C20H37N3O2. The molecule has 5 heteroatoms. The van der Waals surface area contributed by atoms with Crippen LogP contribution in [0.25, 0.3) is 0 Å². The molecule has 2 fully saturated rings. The number of likely N-dealkylation sites (tertiary alicyclic amines) is 1. The van der Waals surface area contributed by atoms with Crippen molar-refractivity contribution in [3.05, 3.63) is 0 Å². The molecule has 2 aliphatic heterocycles. The fourth-order valence-corrected chi connectivity index (χ4v) is 3.90. The van der Waals surface area contributed by atoms with Gasteiger partial charge in [-0.25, -0.2) is 0 Å². The summed E-state index contributed by atoms with van der Waals surface area (Å²) in [6, 6.07) is 0. The third-order valence-corrected chi connectivity index (χ3v) is 5.74. The Hall–Kier alpha value is -1.10. The molecule has 2 aliphatic rings. The number of amides is 2. The van der Waals surface area contributed by atoms with Gasteiger partial charge < -0.3 is 15.5 Å². The van der Waals surface area contributed by atoms with Gasteiger partial charge in [-0.3, -0.25) is 9.59 Å². The minimum atomic E-state index is -0.354. The van der Waals surface area contributed by atoms with E-state index in [9.17, 15) is 9.59 Å². The maximum atomic E-state index is 12.7. The maximum Gasteiger partial charge on any atom is 0.225 e. The molecule has 2 amide bonds. The monoisotopic (exact) mass is 351 g/mol. The lowest BCUT2D eigenvalue weighted by molar-refractivity contribution is -0.134. The van der Waals surface area contributed by atoms with Gasteiger partial charge >= 0.3 is 0 Å². The summed E-state index contributed by atoms with van der Waals surface area (Å²) in [5, 5.41) is 6.51. The van der Waals surface area contributed by atoms with Gasteiger partial charge in [0.2, 0.25) is 11.8 Å². The van der Waals surface area contributed by atoms with Crippen molar-refractivity contribution in [3.8, 4) is 0 Å². The molecule has 25 heavy (non-hydrogen) atoms. The molecule has 2 N–H and O–H groups in total. The highest BCUT2D eigenvalue weighted by Crippen LogP contribution is 2.25. The van der Waals surface area contributed by atoms with Crippen molar-refractivity contribution in [2.75, 3.05) is 32.7 Å². The molecule has 0 bridgehead atoms. The van der Waals surface area contributed by atoms with Crippen LogP contribution in [0.5, 0.6) is 0 Å². The number of hydrogen-bond donors (Lipinski definition) is 2. The van der Waals surface area contributed by atoms with Gasteiger partial charge in [0.1, 0.15) is 0 Å². The third kappa shape index (κ3) is 6.28. The first-order valence-electron chi connectivity index (χ1n) is 10.0. The number of carbonyl (C=O) groups is 2. The second-order valence-electron chi connectivity index (χ2n) is 9.10. The number of carbonyl (C=O) groups excluding carboxylic acids is 2. The predicted molar refractivity (Wildman–Crippen MR) is 101 cm³/mol. The number of piperidine rings is 2. The van der Waals surface area contributed by atoms with E-state index in [0.29, 0.717) is 36.6 Å². The van der Waals surface area contributed by atoms with Crippen LogP contribution in [0.4, 0.5) is 0 Å². The summed E-state index contributed by atoms with van der Waals surface area (Å²) < 4.78 is 0. The molecule has 144 valence electrons. The van der Waals surface area contributed by atoms with Crippen LogP contribution in [0.15, 0.2) is 0 Å². The SMILES string of the molecule is CC(CC(=O)N1CCCC(CNC(=O)C(C)(C)C)C1)C1CCCNC1. The second kappa shape index (κ2) is 9.02. The largest absolute Gasteiger partial charge is 0.355 e. The quantitative estimate of drug-likeness (QED) is 0.800. The fraction of sp³-hybridized carbons (Fsp3) is 0.900. The van der Waals surface area contributed by atoms with E-state index in [4.69, 9.17) is 0 Å². The van der Waals surface area contributed by atoms with Gasteiger partial charge in [-0.1, -0.05) is 27.7 Å². The first-order chi connectivity index (χ1) is 11.8. The zero-order valence-corrected chi connectivity index (χ0v) is 16.6. The van der Waals surface area contributed by atoms with Crippen molar-refractivity contribution in [1.29, 1.82) is 0 Å². The molecule has 0 aromatic heterocycles. The van der Waals surface area contributed by atoms with E-state index in [2.05, 4.69) is 17.6 Å². The standard InChI is InChI=1S/C20H37N3O2/c1-15(17-8-5-9-21-13-17)11-18(24)23-10-6-7-16(14-23)12-22-19(25)20(2,3)4/h15-17,21H,5-14H2,1-4H3,(H,22,25). The smallest absolute Gasteiger partial charge is 0.225 e. The molecule has 0 radical (unpaired) electrons. The van der Waals surface area contributed by atoms with Crippen molar-refractivity contribution in [3.63, 3.8) is 0 Å². The summed E-state index contributed by atoms with van der Waals surface area (Å²) >= 11 is 0. The highest BCUT2D eigenvalue weighted by atomic mass is 16.2. The Bertz CT molecular complexity index is 452. The second-order valence-corrected chi connectivity index (χ2v) is 9.10. The number of nitrogens with zero attached hydrogens (tertiary/aromatic N) is 1. The van der Waals surface area contributed by atoms with Crippen molar-refractivity contribution in [1.82, 2.24) is 15.5 Å². The van der Waals surface area contributed by atoms with Crippen LogP contribution in [0.1, 0.15) is 59.8 Å². The molecule has 2 heterocycles. The Morgan fingerprint density at radius 2 is 2.00 bits per heavy atom. The van der Waals surface area contributed by atoms with Crippen LogP contribution in [0, 0.1) is 23.2 Å². The number of nitrogens with one attached hydrogen (secondary N) is 2. The van der Waals surface area contributed by atoms with Gasteiger partial charge in [0, 0.05) is 31.5 Å². The van der Waals surface area contributed by atoms with Gasteiger partial charge in [0.25, 0.3) is 0 Å². The van der Waals surface area contributed by atoms with Gasteiger partial charge in [-0.2, -0.15) is 0 Å². The summed E-state index contributed by atoms with van der Waals surface area (Å²) in [6.07, 6.45) is 5.26. The molecule has 5 nitrogen and oxygen atoms in total. The van der Waals surface area contributed by atoms with Gasteiger partial charge in [0.15, 0.2) is 0 Å². The lowest BCUT2D eigenvalue weighted by atomic mass is 9.85. The molecule has 3 unspecified atom stereocenters. The van der Waals surface area contributed by atoms with Gasteiger partial charge in [-0.05, 0) is 56.5 Å². The summed E-state index contributed by atoms with van der Waals surface area (Å²) in [5.74, 6) is 1.85. The summed E-state index contributed by atoms with van der Waals surface area (Å²) in [4.78, 5) is 26.8. The predicted octanol–water partition coefficient (Wildman–Crippen LogP) is 2.41. The molecule has 2 rings (SSSR count). The van der Waals surface area contributed by atoms with E-state index in [1.54, 1.807) is 0 Å². The minimum absolute atomic E-state index is 0.0920. The van der Waals surface area contributed by atoms with Crippen molar-refractivity contribution in [2.24, 2.45) is 23.2 Å². The molecular weight excluding hydrogens is 314 g/mol. The van der Waals surface area contributed by atoms with Crippen LogP contribution >= 0.6 is 0 Å². The van der Waals surface area contributed by atoms with E-state index < -0.39 is 0 Å². The third-order valence-electron chi connectivity index (χ3n) is 5.74. The summed E-state index contributed by atoms with van der Waals surface area (Å²) in [7, 11) is 0. The molecule has 0 spiro atoms. The normalized spacial score (nSPS) is 26.2.